The molecule has 1 aliphatic heterocycles. The van der Waals surface area contributed by atoms with Crippen molar-refractivity contribution in [2.24, 2.45) is 0 Å². The Balaban J connectivity index is 2.36. The number of hydrogen-bond acceptors (Lipinski definition) is 4. The number of aliphatic hydroxyl groups excluding tert-OH is 1. The molecule has 0 aromatic carbocycles. The van der Waals surface area contributed by atoms with Crippen LogP contribution in [0.1, 0.15) is 30.2 Å². The first-order valence-corrected chi connectivity index (χ1v) is 7.06. The summed E-state index contributed by atoms with van der Waals surface area (Å²) < 4.78 is 7.36. The number of rotatable bonds is 2. The van der Waals surface area contributed by atoms with Crippen LogP contribution in [0.4, 0.5) is 0 Å². The summed E-state index contributed by atoms with van der Waals surface area (Å²) in [6, 6.07) is 5.76. The minimum absolute atomic E-state index is 0.348. The zero-order valence-electron chi connectivity index (χ0n) is 11.5. The summed E-state index contributed by atoms with van der Waals surface area (Å²) in [6.07, 6.45) is 2.42. The van der Waals surface area contributed by atoms with Crippen LogP contribution in [0, 0.1) is 11.3 Å². The largest absolute Gasteiger partial charge is 0.493 e. The molecule has 108 valence electrons. The molecule has 3 heterocycles. The highest BCUT2D eigenvalue weighted by Gasteiger charge is 2.31. The Morgan fingerprint density at radius 1 is 1.57 bits per heavy atom. The van der Waals surface area contributed by atoms with Crippen LogP contribution < -0.4 is 4.74 Å². The Labute approximate surface area is 127 Å². The fraction of sp³-hybridized carbons (Fsp3) is 0.333. The molecule has 0 saturated heterocycles. The maximum absolute atomic E-state index is 10.2. The molecule has 1 unspecified atom stereocenters. The Hall–Kier alpha value is -2.03. The minimum Gasteiger partial charge on any atom is -0.493 e. The molecule has 5 nitrogen and oxygen atoms in total. The fourth-order valence-electron chi connectivity index (χ4n) is 2.91. The molecule has 0 spiro atoms. The van der Waals surface area contributed by atoms with E-state index in [0.29, 0.717) is 46.4 Å². The Morgan fingerprint density at radius 2 is 2.38 bits per heavy atom. The summed E-state index contributed by atoms with van der Waals surface area (Å²) in [7, 11) is 1.52. The van der Waals surface area contributed by atoms with Crippen molar-refractivity contribution in [3.63, 3.8) is 0 Å². The van der Waals surface area contributed by atoms with Gasteiger partial charge in [-0.15, -0.1) is 0 Å². The summed E-state index contributed by atoms with van der Waals surface area (Å²) >= 11 is 6.19. The fourth-order valence-corrected chi connectivity index (χ4v) is 3.12. The monoisotopic (exact) mass is 303 g/mol. The molecule has 0 bridgehead atoms. The Bertz CT molecular complexity index is 733. The minimum atomic E-state index is -0.661. The van der Waals surface area contributed by atoms with E-state index < -0.39 is 6.10 Å². The van der Waals surface area contributed by atoms with Gasteiger partial charge < -0.3 is 14.4 Å². The van der Waals surface area contributed by atoms with E-state index in [-0.39, 0.29) is 0 Å². The molecule has 0 radical (unpaired) electrons. The molecule has 0 saturated carbocycles. The molecule has 3 rings (SSSR count). The van der Waals surface area contributed by atoms with Gasteiger partial charge in [0, 0.05) is 18.3 Å². The van der Waals surface area contributed by atoms with Gasteiger partial charge in [0.15, 0.2) is 5.75 Å². The SMILES string of the molecule is COc1c(C#N)c2n(c1-c1cccnc1Cl)CCCC2O. The molecule has 0 aliphatic carbocycles. The van der Waals surface area contributed by atoms with E-state index >= 15 is 0 Å². The predicted octanol–water partition coefficient (Wildman–Crippen LogP) is 2.91. The van der Waals surface area contributed by atoms with Gasteiger partial charge in [0.2, 0.25) is 0 Å². The lowest BCUT2D eigenvalue weighted by molar-refractivity contribution is 0.139. The molecule has 1 N–H and O–H groups in total. The Morgan fingerprint density at radius 3 is 3.05 bits per heavy atom. The highest BCUT2D eigenvalue weighted by molar-refractivity contribution is 6.32. The van der Waals surface area contributed by atoms with Crippen molar-refractivity contribution in [1.29, 1.82) is 5.26 Å². The average molecular weight is 304 g/mol. The van der Waals surface area contributed by atoms with Crippen LogP contribution >= 0.6 is 11.6 Å². The van der Waals surface area contributed by atoms with E-state index in [1.165, 1.54) is 7.11 Å². The van der Waals surface area contributed by atoms with Crippen LogP contribution in [-0.4, -0.2) is 21.8 Å². The first kappa shape index (κ1) is 13.9. The number of aromatic nitrogens is 2. The van der Waals surface area contributed by atoms with Gasteiger partial charge in [-0.3, -0.25) is 0 Å². The predicted molar refractivity (Wildman–Crippen MR) is 78.1 cm³/mol. The number of hydrogen-bond donors (Lipinski definition) is 1. The van der Waals surface area contributed by atoms with Crippen molar-refractivity contribution in [1.82, 2.24) is 9.55 Å². The van der Waals surface area contributed by atoms with Crippen LogP contribution in [0.2, 0.25) is 5.15 Å². The smallest absolute Gasteiger partial charge is 0.162 e. The van der Waals surface area contributed by atoms with Crippen LogP contribution in [0.5, 0.6) is 5.75 Å². The molecule has 2 aromatic heterocycles. The molecular formula is C15H14ClN3O2. The van der Waals surface area contributed by atoms with Crippen LogP contribution in [0.25, 0.3) is 11.3 Å². The van der Waals surface area contributed by atoms with Gasteiger partial charge in [0.1, 0.15) is 16.8 Å². The maximum Gasteiger partial charge on any atom is 0.162 e. The second-order valence-corrected chi connectivity index (χ2v) is 5.26. The molecule has 2 aromatic rings. The lowest BCUT2D eigenvalue weighted by Gasteiger charge is -2.22. The quantitative estimate of drug-likeness (QED) is 0.866. The van der Waals surface area contributed by atoms with Crippen LogP contribution in [-0.2, 0) is 6.54 Å². The zero-order chi connectivity index (χ0) is 15.0. The van der Waals surface area contributed by atoms with Crippen LogP contribution in [0.3, 0.4) is 0 Å². The number of pyridine rings is 1. The van der Waals surface area contributed by atoms with Crippen molar-refractivity contribution < 1.29 is 9.84 Å². The van der Waals surface area contributed by atoms with Crippen molar-refractivity contribution in [2.75, 3.05) is 7.11 Å². The van der Waals surface area contributed by atoms with Gasteiger partial charge in [0.05, 0.1) is 24.6 Å². The average Bonchev–Trinajstić information content (AvgIpc) is 2.82. The van der Waals surface area contributed by atoms with Gasteiger partial charge in [0.25, 0.3) is 0 Å². The van der Waals surface area contributed by atoms with Crippen molar-refractivity contribution >= 4 is 11.6 Å². The third-order valence-electron chi connectivity index (χ3n) is 3.76. The van der Waals surface area contributed by atoms with Crippen molar-refractivity contribution in [3.05, 3.63) is 34.7 Å². The summed E-state index contributed by atoms with van der Waals surface area (Å²) in [5.41, 5.74) is 2.39. The molecular weight excluding hydrogens is 290 g/mol. The number of fused-ring (bicyclic) bond motifs is 1. The lowest BCUT2D eigenvalue weighted by atomic mass is 10.0. The molecule has 0 fully saturated rings. The molecule has 21 heavy (non-hydrogen) atoms. The molecule has 0 amide bonds. The normalized spacial score (nSPS) is 17.1. The van der Waals surface area contributed by atoms with E-state index in [0.717, 1.165) is 6.42 Å². The van der Waals surface area contributed by atoms with E-state index in [4.69, 9.17) is 16.3 Å². The van der Waals surface area contributed by atoms with Gasteiger partial charge in [-0.25, -0.2) is 4.98 Å². The first-order valence-electron chi connectivity index (χ1n) is 6.68. The number of halogens is 1. The number of ether oxygens (including phenoxy) is 1. The number of aliphatic hydroxyl groups is 1. The highest BCUT2D eigenvalue weighted by Crippen LogP contribution is 2.44. The number of methoxy groups -OCH3 is 1. The van der Waals surface area contributed by atoms with Crippen LogP contribution in [0.15, 0.2) is 18.3 Å². The summed E-state index contributed by atoms with van der Waals surface area (Å²) in [6.45, 7) is 0.713. The molecule has 1 atom stereocenters. The zero-order valence-corrected chi connectivity index (χ0v) is 12.3. The third kappa shape index (κ3) is 2.08. The number of nitrogens with zero attached hydrogens (tertiary/aromatic N) is 3. The Kier molecular flexibility index (Phi) is 3.58. The van der Waals surface area contributed by atoms with Gasteiger partial charge >= 0.3 is 0 Å². The van der Waals surface area contributed by atoms with Gasteiger partial charge in [-0.05, 0) is 25.0 Å². The standard InChI is InChI=1S/C15H14ClN3O2/c1-21-14-10(8-17)12-11(20)5-3-7-19(12)13(14)9-4-2-6-18-15(9)16/h2,4,6,11,20H,3,5,7H2,1H3. The first-order chi connectivity index (χ1) is 10.2. The van der Waals surface area contributed by atoms with E-state index in [1.807, 2.05) is 10.6 Å². The second-order valence-electron chi connectivity index (χ2n) is 4.91. The second kappa shape index (κ2) is 5.40. The highest BCUT2D eigenvalue weighted by atomic mass is 35.5. The van der Waals surface area contributed by atoms with Crippen molar-refractivity contribution in [2.45, 2.75) is 25.5 Å². The molecule has 6 heteroatoms. The maximum atomic E-state index is 10.2. The third-order valence-corrected chi connectivity index (χ3v) is 4.07. The summed E-state index contributed by atoms with van der Waals surface area (Å²) in [4.78, 5) is 4.09. The topological polar surface area (TPSA) is 71.1 Å². The van der Waals surface area contributed by atoms with Gasteiger partial charge in [-0.2, -0.15) is 5.26 Å². The van der Waals surface area contributed by atoms with E-state index in [2.05, 4.69) is 11.1 Å². The van der Waals surface area contributed by atoms with E-state index in [1.54, 1.807) is 12.3 Å². The number of nitriles is 1. The summed E-state index contributed by atoms with van der Waals surface area (Å²) in [5.74, 6) is 0.448. The van der Waals surface area contributed by atoms with Crippen molar-refractivity contribution in [3.8, 4) is 23.1 Å². The van der Waals surface area contributed by atoms with E-state index in [9.17, 15) is 10.4 Å². The van der Waals surface area contributed by atoms with Gasteiger partial charge in [-0.1, -0.05) is 11.6 Å². The molecule has 1 aliphatic rings. The lowest BCUT2D eigenvalue weighted by Crippen LogP contribution is -2.16. The summed E-state index contributed by atoms with van der Waals surface area (Å²) in [5, 5.41) is 20.0.